The number of rotatable bonds is 2. The van der Waals surface area contributed by atoms with Crippen LogP contribution in [0.4, 0.5) is 0 Å². The first-order valence-corrected chi connectivity index (χ1v) is 2.76. The molecule has 0 nitrogen and oxygen atoms in total. The summed E-state index contributed by atoms with van der Waals surface area (Å²) in [5.41, 5.74) is 0. The van der Waals surface area contributed by atoms with Crippen LogP contribution in [0.5, 0.6) is 0 Å². The minimum Gasteiger partial charge on any atom is -0.122 e. The molecular formula is C5H6Cl2. The van der Waals surface area contributed by atoms with E-state index >= 15 is 0 Å². The van der Waals surface area contributed by atoms with Crippen LogP contribution in [0.25, 0.3) is 0 Å². The molecule has 2 heteroatoms. The maximum Gasteiger partial charge on any atom is 0.0421 e. The van der Waals surface area contributed by atoms with Crippen LogP contribution in [0, 0.1) is 0 Å². The van der Waals surface area contributed by atoms with Gasteiger partial charge in [0, 0.05) is 10.9 Å². The molecule has 7 heavy (non-hydrogen) atoms. The smallest absolute Gasteiger partial charge is 0.0421 e. The zero-order valence-electron chi connectivity index (χ0n) is 3.82. The summed E-state index contributed by atoms with van der Waals surface area (Å²) in [5, 5.41) is 0.606. The van der Waals surface area contributed by atoms with Crippen LogP contribution in [-0.2, 0) is 0 Å². The monoisotopic (exact) mass is 136 g/mol. The molecule has 0 aliphatic carbocycles. The van der Waals surface area contributed by atoms with Gasteiger partial charge >= 0.3 is 0 Å². The zero-order valence-corrected chi connectivity index (χ0v) is 5.34. The lowest BCUT2D eigenvalue weighted by molar-refractivity contribution is 1.71. The van der Waals surface area contributed by atoms with Gasteiger partial charge in [-0.1, -0.05) is 30.3 Å². The molecule has 0 unspecified atom stereocenters. The van der Waals surface area contributed by atoms with Crippen LogP contribution in [0.2, 0.25) is 0 Å². The van der Waals surface area contributed by atoms with Crippen LogP contribution in [0.1, 0.15) is 0 Å². The van der Waals surface area contributed by atoms with Gasteiger partial charge in [0.25, 0.3) is 0 Å². The molecule has 0 rings (SSSR count). The second-order valence-corrected chi connectivity index (χ2v) is 1.69. The molecule has 0 fully saturated rings. The molecule has 0 aromatic rings. The SMILES string of the molecule is C=C/C(Cl)=C\CCl. The minimum atomic E-state index is 0.449. The normalized spacial score (nSPS) is 11.4. The number of alkyl halides is 1. The first kappa shape index (κ1) is 7.06. The summed E-state index contributed by atoms with van der Waals surface area (Å²) >= 11 is 10.7. The van der Waals surface area contributed by atoms with Gasteiger partial charge in [0.15, 0.2) is 0 Å². The summed E-state index contributed by atoms with van der Waals surface area (Å²) in [4.78, 5) is 0. The lowest BCUT2D eigenvalue weighted by Gasteiger charge is -1.79. The highest BCUT2D eigenvalue weighted by Gasteiger charge is 1.76. The average molecular weight is 137 g/mol. The zero-order chi connectivity index (χ0) is 5.70. The fraction of sp³-hybridized carbons (Fsp3) is 0.200. The molecule has 0 radical (unpaired) electrons. The molecular weight excluding hydrogens is 131 g/mol. The Morgan fingerprint density at radius 1 is 1.71 bits per heavy atom. The molecule has 0 aliphatic heterocycles. The van der Waals surface area contributed by atoms with Crippen LogP contribution < -0.4 is 0 Å². The third-order valence-electron chi connectivity index (χ3n) is 0.467. The molecule has 0 bridgehead atoms. The molecule has 0 amide bonds. The van der Waals surface area contributed by atoms with Crippen molar-refractivity contribution in [3.05, 3.63) is 23.8 Å². The molecule has 0 aromatic carbocycles. The minimum absolute atomic E-state index is 0.449. The average Bonchev–Trinajstić information content (AvgIpc) is 1.68. The highest BCUT2D eigenvalue weighted by molar-refractivity contribution is 6.31. The summed E-state index contributed by atoms with van der Waals surface area (Å²) in [6.07, 6.45) is 3.22. The van der Waals surface area contributed by atoms with E-state index < -0.39 is 0 Å². The third-order valence-corrected chi connectivity index (χ3v) is 0.930. The molecule has 0 N–H and O–H groups in total. The van der Waals surface area contributed by atoms with E-state index in [9.17, 15) is 0 Å². The lowest BCUT2D eigenvalue weighted by atomic mass is 10.5. The molecule has 0 spiro atoms. The lowest BCUT2D eigenvalue weighted by Crippen LogP contribution is -1.62. The van der Waals surface area contributed by atoms with Gasteiger partial charge in [-0.15, -0.1) is 11.6 Å². The quantitative estimate of drug-likeness (QED) is 0.405. The summed E-state index contributed by atoms with van der Waals surface area (Å²) in [5.74, 6) is 0.449. The summed E-state index contributed by atoms with van der Waals surface area (Å²) in [7, 11) is 0. The van der Waals surface area contributed by atoms with Crippen molar-refractivity contribution >= 4 is 23.2 Å². The van der Waals surface area contributed by atoms with Crippen molar-refractivity contribution in [1.29, 1.82) is 0 Å². The van der Waals surface area contributed by atoms with Gasteiger partial charge in [-0.05, 0) is 0 Å². The molecule has 0 aromatic heterocycles. The van der Waals surface area contributed by atoms with E-state index in [-0.39, 0.29) is 0 Å². The van der Waals surface area contributed by atoms with E-state index in [2.05, 4.69) is 6.58 Å². The summed E-state index contributed by atoms with van der Waals surface area (Å²) in [6.45, 7) is 3.42. The Bertz CT molecular complexity index is 84.1. The van der Waals surface area contributed by atoms with Gasteiger partial charge in [0.1, 0.15) is 0 Å². The van der Waals surface area contributed by atoms with Gasteiger partial charge < -0.3 is 0 Å². The predicted octanol–water partition coefficient (Wildman–Crippen LogP) is 2.53. The molecule has 40 valence electrons. The largest absolute Gasteiger partial charge is 0.122 e. The van der Waals surface area contributed by atoms with Gasteiger partial charge in [-0.3, -0.25) is 0 Å². The van der Waals surface area contributed by atoms with Crippen LogP contribution in [0.3, 0.4) is 0 Å². The Kier molecular flexibility index (Phi) is 4.26. The van der Waals surface area contributed by atoms with Crippen molar-refractivity contribution in [2.45, 2.75) is 0 Å². The second-order valence-electron chi connectivity index (χ2n) is 0.947. The number of halogens is 2. The Morgan fingerprint density at radius 2 is 2.29 bits per heavy atom. The third kappa shape index (κ3) is 3.90. The van der Waals surface area contributed by atoms with Gasteiger partial charge in [0.05, 0.1) is 0 Å². The number of allylic oxidation sites excluding steroid dienone is 3. The molecule has 0 aliphatic rings. The molecule has 0 atom stereocenters. The van der Waals surface area contributed by atoms with E-state index in [1.807, 2.05) is 0 Å². The van der Waals surface area contributed by atoms with Crippen molar-refractivity contribution in [3.63, 3.8) is 0 Å². The highest BCUT2D eigenvalue weighted by Crippen LogP contribution is 2.00. The fourth-order valence-corrected chi connectivity index (χ4v) is 0.479. The van der Waals surface area contributed by atoms with E-state index in [4.69, 9.17) is 23.2 Å². The number of hydrogen-bond donors (Lipinski definition) is 0. The van der Waals surface area contributed by atoms with Crippen LogP contribution in [0.15, 0.2) is 23.8 Å². The van der Waals surface area contributed by atoms with Gasteiger partial charge in [0.2, 0.25) is 0 Å². The van der Waals surface area contributed by atoms with Crippen molar-refractivity contribution in [2.24, 2.45) is 0 Å². The van der Waals surface area contributed by atoms with Crippen LogP contribution in [-0.4, -0.2) is 5.88 Å². The summed E-state index contributed by atoms with van der Waals surface area (Å²) in [6, 6.07) is 0. The van der Waals surface area contributed by atoms with Crippen LogP contribution >= 0.6 is 23.2 Å². The molecule has 0 saturated carbocycles. The topological polar surface area (TPSA) is 0 Å². The predicted molar refractivity (Wildman–Crippen MR) is 34.9 cm³/mol. The summed E-state index contributed by atoms with van der Waals surface area (Å²) < 4.78 is 0. The fourth-order valence-electron chi connectivity index (χ4n) is 0.157. The van der Waals surface area contributed by atoms with Crippen molar-refractivity contribution in [3.8, 4) is 0 Å². The maximum absolute atomic E-state index is 5.42. The second kappa shape index (κ2) is 4.23. The highest BCUT2D eigenvalue weighted by atomic mass is 35.5. The Balaban J connectivity index is 3.49. The van der Waals surface area contributed by atoms with Crippen molar-refractivity contribution in [1.82, 2.24) is 0 Å². The molecule has 0 saturated heterocycles. The van der Waals surface area contributed by atoms with Gasteiger partial charge in [-0.2, -0.15) is 0 Å². The molecule has 0 heterocycles. The Hall–Kier alpha value is 0.0600. The van der Waals surface area contributed by atoms with E-state index in [1.165, 1.54) is 0 Å². The van der Waals surface area contributed by atoms with E-state index in [0.29, 0.717) is 10.9 Å². The number of hydrogen-bond acceptors (Lipinski definition) is 0. The van der Waals surface area contributed by atoms with E-state index in [1.54, 1.807) is 12.2 Å². The van der Waals surface area contributed by atoms with E-state index in [0.717, 1.165) is 0 Å². The standard InChI is InChI=1S/C5H6Cl2/c1-2-5(7)3-4-6/h2-3H,1,4H2/b5-3+. The first-order valence-electron chi connectivity index (χ1n) is 1.85. The van der Waals surface area contributed by atoms with Crippen molar-refractivity contribution < 1.29 is 0 Å². The maximum atomic E-state index is 5.42. The Morgan fingerprint density at radius 3 is 2.43 bits per heavy atom. The van der Waals surface area contributed by atoms with Crippen molar-refractivity contribution in [2.75, 3.05) is 5.88 Å². The Labute approximate surface area is 53.4 Å². The first-order chi connectivity index (χ1) is 3.31. The van der Waals surface area contributed by atoms with Gasteiger partial charge in [-0.25, -0.2) is 0 Å².